The molecule has 0 aromatic carbocycles. The quantitative estimate of drug-likeness (QED) is 0.910. The van der Waals surface area contributed by atoms with E-state index in [9.17, 15) is 18.0 Å². The van der Waals surface area contributed by atoms with Crippen LogP contribution in [0.1, 0.15) is 50.7 Å². The number of rotatable bonds is 4. The molecule has 6 nitrogen and oxygen atoms in total. The van der Waals surface area contributed by atoms with E-state index in [0.717, 1.165) is 4.90 Å². The van der Waals surface area contributed by atoms with E-state index in [2.05, 4.69) is 10.1 Å². The highest BCUT2D eigenvalue weighted by Crippen LogP contribution is 2.32. The molecule has 0 aliphatic carbocycles. The van der Waals surface area contributed by atoms with E-state index in [1.54, 1.807) is 0 Å². The van der Waals surface area contributed by atoms with Gasteiger partial charge < -0.3 is 15.2 Å². The zero-order chi connectivity index (χ0) is 17.2. The fourth-order valence-electron chi connectivity index (χ4n) is 2.58. The predicted octanol–water partition coefficient (Wildman–Crippen LogP) is 2.01. The molecule has 1 fully saturated rings. The molecule has 2 unspecified atom stereocenters. The number of hydrogen-bond donors (Lipinski definition) is 1. The van der Waals surface area contributed by atoms with Gasteiger partial charge in [-0.2, -0.15) is 18.2 Å². The van der Waals surface area contributed by atoms with Gasteiger partial charge in [0.25, 0.3) is 0 Å². The fourth-order valence-corrected chi connectivity index (χ4v) is 2.58. The van der Waals surface area contributed by atoms with Crippen molar-refractivity contribution < 1.29 is 22.5 Å². The molecule has 1 aliphatic rings. The van der Waals surface area contributed by atoms with Crippen molar-refractivity contribution in [2.24, 2.45) is 5.73 Å². The van der Waals surface area contributed by atoms with Crippen molar-refractivity contribution in [2.75, 3.05) is 6.54 Å². The van der Waals surface area contributed by atoms with Gasteiger partial charge in [0.05, 0.1) is 0 Å². The summed E-state index contributed by atoms with van der Waals surface area (Å²) >= 11 is 0. The van der Waals surface area contributed by atoms with E-state index < -0.39 is 24.2 Å². The number of hydrogen-bond acceptors (Lipinski definition) is 5. The number of likely N-dealkylation sites (tertiary alicyclic amines) is 1. The molecular formula is C14H21F3N4O2. The molecule has 1 aromatic heterocycles. The second-order valence-electron chi connectivity index (χ2n) is 6.14. The first-order valence-electron chi connectivity index (χ1n) is 7.62. The minimum atomic E-state index is -4.44. The number of aromatic nitrogens is 2. The van der Waals surface area contributed by atoms with E-state index in [1.165, 1.54) is 0 Å². The molecule has 9 heteroatoms. The van der Waals surface area contributed by atoms with Crippen molar-refractivity contribution in [3.05, 3.63) is 11.7 Å². The summed E-state index contributed by atoms with van der Waals surface area (Å²) in [4.78, 5) is 17.2. The molecule has 2 atom stereocenters. The van der Waals surface area contributed by atoms with Crippen LogP contribution in [0.3, 0.4) is 0 Å². The van der Waals surface area contributed by atoms with Crippen LogP contribution in [0.25, 0.3) is 0 Å². The first kappa shape index (κ1) is 17.7. The Balaban J connectivity index is 1.99. The Morgan fingerprint density at radius 2 is 2.13 bits per heavy atom. The summed E-state index contributed by atoms with van der Waals surface area (Å²) in [5.41, 5.74) is 5.71. The summed E-state index contributed by atoms with van der Waals surface area (Å²) in [5, 5.41) is 3.76. The number of carbonyl (C=O) groups excluding carboxylic acids is 1. The number of aryl methyl sites for hydroxylation is 1. The molecule has 1 amide bonds. The van der Waals surface area contributed by atoms with Crippen LogP contribution in [0.5, 0.6) is 0 Å². The van der Waals surface area contributed by atoms with E-state index >= 15 is 0 Å². The van der Waals surface area contributed by atoms with Gasteiger partial charge in [-0.25, -0.2) is 0 Å². The molecule has 1 saturated heterocycles. The number of alkyl halides is 3. The summed E-state index contributed by atoms with van der Waals surface area (Å²) in [5.74, 6) is 0.261. The normalized spacial score (nSPS) is 22.7. The predicted molar refractivity (Wildman–Crippen MR) is 75.5 cm³/mol. The van der Waals surface area contributed by atoms with Crippen LogP contribution in [-0.2, 0) is 11.2 Å². The first-order valence-corrected chi connectivity index (χ1v) is 7.62. The smallest absolute Gasteiger partial charge is 0.339 e. The highest BCUT2D eigenvalue weighted by Gasteiger charge is 2.47. The highest BCUT2D eigenvalue weighted by molar-refractivity contribution is 5.77. The van der Waals surface area contributed by atoms with Crippen LogP contribution < -0.4 is 5.73 Å². The van der Waals surface area contributed by atoms with Crippen molar-refractivity contribution in [1.29, 1.82) is 0 Å². The van der Waals surface area contributed by atoms with Gasteiger partial charge in [0.2, 0.25) is 11.8 Å². The second-order valence-corrected chi connectivity index (χ2v) is 6.14. The number of amides is 1. The minimum Gasteiger partial charge on any atom is -0.339 e. The third kappa shape index (κ3) is 4.43. The van der Waals surface area contributed by atoms with Gasteiger partial charge in [-0.3, -0.25) is 4.79 Å². The molecule has 1 aromatic rings. The summed E-state index contributed by atoms with van der Waals surface area (Å²) < 4.78 is 44.2. The van der Waals surface area contributed by atoms with Crippen LogP contribution in [0.4, 0.5) is 13.2 Å². The van der Waals surface area contributed by atoms with Gasteiger partial charge in [0.15, 0.2) is 5.82 Å². The summed E-state index contributed by atoms with van der Waals surface area (Å²) in [7, 11) is 0. The van der Waals surface area contributed by atoms with E-state index in [4.69, 9.17) is 10.3 Å². The van der Waals surface area contributed by atoms with Crippen molar-refractivity contribution in [3.63, 3.8) is 0 Å². The van der Waals surface area contributed by atoms with E-state index in [1.807, 2.05) is 13.8 Å². The number of halogens is 3. The average molecular weight is 334 g/mol. The van der Waals surface area contributed by atoms with Gasteiger partial charge in [-0.05, 0) is 12.8 Å². The molecule has 1 aliphatic heterocycles. The van der Waals surface area contributed by atoms with Gasteiger partial charge in [0, 0.05) is 31.3 Å². The topological polar surface area (TPSA) is 85.2 Å². The van der Waals surface area contributed by atoms with Crippen LogP contribution in [0.15, 0.2) is 4.52 Å². The molecule has 2 heterocycles. The van der Waals surface area contributed by atoms with Crippen LogP contribution in [-0.4, -0.2) is 45.8 Å². The molecule has 0 saturated carbocycles. The molecule has 0 spiro atoms. The maximum atomic E-state index is 13.1. The Hall–Kier alpha value is -1.64. The Kier molecular flexibility index (Phi) is 5.28. The second kappa shape index (κ2) is 6.86. The molecule has 130 valence electrons. The fraction of sp³-hybridized carbons (Fsp3) is 0.786. The van der Waals surface area contributed by atoms with Crippen molar-refractivity contribution in [2.45, 2.75) is 63.7 Å². The number of nitrogens with zero attached hydrogens (tertiary/aromatic N) is 3. The number of piperidine rings is 1. The summed E-state index contributed by atoms with van der Waals surface area (Å²) in [6.45, 7) is 3.70. The Labute approximate surface area is 132 Å². The SMILES string of the molecule is CC(C)c1noc(CCC(=O)N2CC(N)CCC2C(F)(F)F)n1. The third-order valence-electron chi connectivity index (χ3n) is 3.87. The van der Waals surface area contributed by atoms with Gasteiger partial charge in [-0.1, -0.05) is 19.0 Å². The minimum absolute atomic E-state index is 0.0793. The number of nitrogens with two attached hydrogens (primary N) is 1. The van der Waals surface area contributed by atoms with Crippen LogP contribution in [0.2, 0.25) is 0 Å². The third-order valence-corrected chi connectivity index (χ3v) is 3.87. The lowest BCUT2D eigenvalue weighted by Crippen LogP contribution is -2.56. The average Bonchev–Trinajstić information content (AvgIpc) is 2.92. The number of carbonyl (C=O) groups is 1. The standard InChI is InChI=1S/C14H21F3N4O2/c1-8(2)13-19-11(23-20-13)5-6-12(22)21-7-9(18)3-4-10(21)14(15,16)17/h8-10H,3-7,18H2,1-2H3. The van der Waals surface area contributed by atoms with Crippen LogP contribution >= 0.6 is 0 Å². The van der Waals surface area contributed by atoms with E-state index in [0.29, 0.717) is 5.82 Å². The van der Waals surface area contributed by atoms with Crippen molar-refractivity contribution in [1.82, 2.24) is 15.0 Å². The monoisotopic (exact) mass is 334 g/mol. The largest absolute Gasteiger partial charge is 0.408 e. The Morgan fingerprint density at radius 3 is 2.70 bits per heavy atom. The van der Waals surface area contributed by atoms with Crippen molar-refractivity contribution >= 4 is 5.91 Å². The van der Waals surface area contributed by atoms with Crippen LogP contribution in [0, 0.1) is 0 Å². The first-order chi connectivity index (χ1) is 10.7. The lowest BCUT2D eigenvalue weighted by molar-refractivity contribution is -0.196. The van der Waals surface area contributed by atoms with Gasteiger partial charge in [0.1, 0.15) is 6.04 Å². The molecule has 0 bridgehead atoms. The lowest BCUT2D eigenvalue weighted by Gasteiger charge is -2.39. The molecular weight excluding hydrogens is 313 g/mol. The maximum absolute atomic E-state index is 13.1. The molecule has 2 N–H and O–H groups in total. The molecule has 2 rings (SSSR count). The zero-order valence-corrected chi connectivity index (χ0v) is 13.1. The maximum Gasteiger partial charge on any atom is 0.408 e. The Bertz CT molecular complexity index is 544. The Morgan fingerprint density at radius 1 is 1.43 bits per heavy atom. The van der Waals surface area contributed by atoms with E-state index in [-0.39, 0.29) is 44.0 Å². The van der Waals surface area contributed by atoms with Gasteiger partial charge in [-0.15, -0.1) is 0 Å². The van der Waals surface area contributed by atoms with Gasteiger partial charge >= 0.3 is 6.18 Å². The molecule has 23 heavy (non-hydrogen) atoms. The lowest BCUT2D eigenvalue weighted by atomic mass is 9.97. The van der Waals surface area contributed by atoms with Crippen molar-refractivity contribution in [3.8, 4) is 0 Å². The summed E-state index contributed by atoms with van der Waals surface area (Å²) in [6.07, 6.45) is -4.33. The highest BCUT2D eigenvalue weighted by atomic mass is 19.4. The molecule has 0 radical (unpaired) electrons. The zero-order valence-electron chi connectivity index (χ0n) is 13.1. The summed E-state index contributed by atoms with van der Waals surface area (Å²) in [6, 6.07) is -2.18.